The van der Waals surface area contributed by atoms with Crippen molar-refractivity contribution in [2.45, 2.75) is 0 Å². The summed E-state index contributed by atoms with van der Waals surface area (Å²) in [6.45, 7) is 0. The van der Waals surface area contributed by atoms with Crippen molar-refractivity contribution < 1.29 is 18.7 Å². The highest BCUT2D eigenvalue weighted by Crippen LogP contribution is 2.33. The van der Waals surface area contributed by atoms with Crippen LogP contribution in [0.3, 0.4) is 0 Å². The Labute approximate surface area is 163 Å². The zero-order chi connectivity index (χ0) is 19.5. The number of carbonyl (C=O) groups is 1. The average Bonchev–Trinajstić information content (AvgIpc) is 3.10. The molecule has 0 spiro atoms. The first-order valence-corrected chi connectivity index (χ1v) is 9.07. The van der Waals surface area contributed by atoms with Gasteiger partial charge in [0, 0.05) is 17.8 Å². The highest BCUT2D eigenvalue weighted by Gasteiger charge is 2.14. The number of ether oxygens (including phenoxy) is 2. The highest BCUT2D eigenvalue weighted by atomic mass is 32.1. The van der Waals surface area contributed by atoms with Crippen LogP contribution in [0.4, 0.5) is 9.52 Å². The van der Waals surface area contributed by atoms with E-state index in [1.807, 2.05) is 0 Å². The summed E-state index contributed by atoms with van der Waals surface area (Å²) in [6.07, 6.45) is 3.26. The number of halogens is 1. The van der Waals surface area contributed by atoms with Crippen LogP contribution >= 0.6 is 11.3 Å². The molecule has 0 bridgehead atoms. The second-order valence-electron chi connectivity index (χ2n) is 5.74. The molecule has 1 N–H and O–H groups in total. The third-order valence-electron chi connectivity index (χ3n) is 3.85. The number of nitrogens with zero attached hydrogens (tertiary/aromatic N) is 2. The van der Waals surface area contributed by atoms with Gasteiger partial charge in [0.1, 0.15) is 28.6 Å². The fourth-order valence-electron chi connectivity index (χ4n) is 2.56. The highest BCUT2D eigenvalue weighted by molar-refractivity contribution is 7.22. The van der Waals surface area contributed by atoms with E-state index in [0.717, 1.165) is 0 Å². The molecule has 2 heterocycles. The molecule has 0 aliphatic rings. The predicted octanol–water partition coefficient (Wildman–Crippen LogP) is 4.88. The molecule has 1 amide bonds. The van der Waals surface area contributed by atoms with E-state index < -0.39 is 5.82 Å². The van der Waals surface area contributed by atoms with Crippen LogP contribution in [-0.2, 0) is 0 Å². The van der Waals surface area contributed by atoms with Crippen LogP contribution in [0.25, 0.3) is 10.2 Å². The standard InChI is InChI=1S/C20H14FN3O3S/c1-26-16-9-13(21)10-17-18(16)23-20(28-17)24-19(25)12-4-6-14(7-5-12)27-15-3-2-8-22-11-15/h2-11H,1H3,(H,23,24,25). The predicted molar refractivity (Wildman–Crippen MR) is 105 cm³/mol. The van der Waals surface area contributed by atoms with Gasteiger partial charge in [0.2, 0.25) is 0 Å². The molecule has 0 aliphatic carbocycles. The summed E-state index contributed by atoms with van der Waals surface area (Å²) in [4.78, 5) is 20.8. The number of thiazole rings is 1. The number of aromatic nitrogens is 2. The van der Waals surface area contributed by atoms with Gasteiger partial charge < -0.3 is 9.47 Å². The van der Waals surface area contributed by atoms with E-state index in [0.29, 0.717) is 38.2 Å². The third-order valence-corrected chi connectivity index (χ3v) is 4.77. The number of amides is 1. The van der Waals surface area contributed by atoms with Gasteiger partial charge in [-0.15, -0.1) is 0 Å². The van der Waals surface area contributed by atoms with Gasteiger partial charge in [-0.1, -0.05) is 11.3 Å². The SMILES string of the molecule is COc1cc(F)cc2sc(NC(=O)c3ccc(Oc4cccnc4)cc3)nc12. The van der Waals surface area contributed by atoms with Gasteiger partial charge in [0.05, 0.1) is 18.0 Å². The van der Waals surface area contributed by atoms with Crippen LogP contribution in [0.1, 0.15) is 10.4 Å². The molecular weight excluding hydrogens is 381 g/mol. The maximum Gasteiger partial charge on any atom is 0.257 e. The van der Waals surface area contributed by atoms with Crippen molar-refractivity contribution in [3.8, 4) is 17.2 Å². The quantitative estimate of drug-likeness (QED) is 0.521. The zero-order valence-electron chi connectivity index (χ0n) is 14.7. The number of benzene rings is 2. The van der Waals surface area contributed by atoms with Crippen molar-refractivity contribution in [1.29, 1.82) is 0 Å². The van der Waals surface area contributed by atoms with Gasteiger partial charge >= 0.3 is 0 Å². The summed E-state index contributed by atoms with van der Waals surface area (Å²) in [5.74, 6) is 0.769. The topological polar surface area (TPSA) is 73.3 Å². The number of fused-ring (bicyclic) bond motifs is 1. The second kappa shape index (κ2) is 7.61. The summed E-state index contributed by atoms with van der Waals surface area (Å²) < 4.78 is 25.0. The van der Waals surface area contributed by atoms with Crippen LogP contribution in [-0.4, -0.2) is 23.0 Å². The molecule has 0 saturated carbocycles. The average molecular weight is 395 g/mol. The van der Waals surface area contributed by atoms with E-state index in [2.05, 4.69) is 15.3 Å². The molecular formula is C20H14FN3O3S. The first-order valence-electron chi connectivity index (χ1n) is 8.26. The molecule has 0 aliphatic heterocycles. The van der Waals surface area contributed by atoms with E-state index in [9.17, 15) is 9.18 Å². The molecule has 0 radical (unpaired) electrons. The minimum absolute atomic E-state index is 0.323. The molecule has 4 rings (SSSR count). The molecule has 8 heteroatoms. The van der Waals surface area contributed by atoms with E-state index >= 15 is 0 Å². The molecule has 0 atom stereocenters. The van der Waals surface area contributed by atoms with E-state index in [1.165, 1.54) is 30.6 Å². The second-order valence-corrected chi connectivity index (χ2v) is 6.77. The zero-order valence-corrected chi connectivity index (χ0v) is 15.5. The van der Waals surface area contributed by atoms with Crippen LogP contribution in [0.5, 0.6) is 17.2 Å². The number of methoxy groups -OCH3 is 1. The maximum absolute atomic E-state index is 13.6. The number of carbonyl (C=O) groups excluding carboxylic acids is 1. The lowest BCUT2D eigenvalue weighted by molar-refractivity contribution is 0.102. The van der Waals surface area contributed by atoms with Crippen molar-refractivity contribution in [3.05, 3.63) is 72.3 Å². The normalized spacial score (nSPS) is 10.6. The molecule has 2 aromatic carbocycles. The summed E-state index contributed by atoms with van der Waals surface area (Å²) in [7, 11) is 1.45. The van der Waals surface area contributed by atoms with Gasteiger partial charge in [-0.05, 0) is 42.5 Å². The molecule has 6 nitrogen and oxygen atoms in total. The van der Waals surface area contributed by atoms with Crippen molar-refractivity contribution >= 4 is 32.6 Å². The Morgan fingerprint density at radius 3 is 2.68 bits per heavy atom. The summed E-state index contributed by atoms with van der Waals surface area (Å²) in [5.41, 5.74) is 0.945. The van der Waals surface area contributed by atoms with Crippen molar-refractivity contribution in [1.82, 2.24) is 9.97 Å². The molecule has 28 heavy (non-hydrogen) atoms. The van der Waals surface area contributed by atoms with Crippen molar-refractivity contribution in [2.75, 3.05) is 12.4 Å². The van der Waals surface area contributed by atoms with Gasteiger partial charge in [-0.25, -0.2) is 9.37 Å². The molecule has 0 fully saturated rings. The smallest absolute Gasteiger partial charge is 0.257 e. The third kappa shape index (κ3) is 3.77. The van der Waals surface area contributed by atoms with Gasteiger partial charge in [0.25, 0.3) is 5.91 Å². The maximum atomic E-state index is 13.6. The largest absolute Gasteiger partial charge is 0.494 e. The Bertz CT molecular complexity index is 1130. The number of hydrogen-bond acceptors (Lipinski definition) is 6. The molecule has 4 aromatic rings. The fraction of sp³-hybridized carbons (Fsp3) is 0.0500. The van der Waals surface area contributed by atoms with Gasteiger partial charge in [-0.2, -0.15) is 0 Å². The summed E-state index contributed by atoms with van der Waals surface area (Å²) in [5, 5.41) is 3.09. The molecule has 2 aromatic heterocycles. The van der Waals surface area contributed by atoms with E-state index in [4.69, 9.17) is 9.47 Å². The lowest BCUT2D eigenvalue weighted by atomic mass is 10.2. The molecule has 0 unspecified atom stereocenters. The number of pyridine rings is 1. The Balaban J connectivity index is 1.50. The fourth-order valence-corrected chi connectivity index (χ4v) is 3.47. The van der Waals surface area contributed by atoms with E-state index in [1.54, 1.807) is 48.8 Å². The first kappa shape index (κ1) is 17.9. The minimum atomic E-state index is -0.421. The number of rotatable bonds is 5. The lowest BCUT2D eigenvalue weighted by Crippen LogP contribution is -2.11. The van der Waals surface area contributed by atoms with Gasteiger partial charge in [-0.3, -0.25) is 15.1 Å². The van der Waals surface area contributed by atoms with Crippen LogP contribution < -0.4 is 14.8 Å². The Morgan fingerprint density at radius 1 is 1.14 bits per heavy atom. The molecule has 0 saturated heterocycles. The molecule has 140 valence electrons. The van der Waals surface area contributed by atoms with Crippen LogP contribution in [0, 0.1) is 5.82 Å². The summed E-state index contributed by atoms with van der Waals surface area (Å²) >= 11 is 1.17. The Hall–Kier alpha value is -3.52. The number of hydrogen-bond donors (Lipinski definition) is 1. The lowest BCUT2D eigenvalue weighted by Gasteiger charge is -2.06. The van der Waals surface area contributed by atoms with Crippen molar-refractivity contribution in [3.63, 3.8) is 0 Å². The number of anilines is 1. The van der Waals surface area contributed by atoms with Crippen LogP contribution in [0.2, 0.25) is 0 Å². The van der Waals surface area contributed by atoms with E-state index in [-0.39, 0.29) is 5.91 Å². The summed E-state index contributed by atoms with van der Waals surface area (Å²) in [6, 6.07) is 12.9. The number of nitrogens with one attached hydrogen (secondary N) is 1. The minimum Gasteiger partial charge on any atom is -0.494 e. The Kier molecular flexibility index (Phi) is 4.86. The monoisotopic (exact) mass is 395 g/mol. The first-order chi connectivity index (χ1) is 13.6. The Morgan fingerprint density at radius 2 is 1.96 bits per heavy atom. The van der Waals surface area contributed by atoms with Gasteiger partial charge in [0.15, 0.2) is 5.13 Å². The van der Waals surface area contributed by atoms with Crippen molar-refractivity contribution in [2.24, 2.45) is 0 Å². The van der Waals surface area contributed by atoms with Crippen LogP contribution in [0.15, 0.2) is 60.9 Å².